The van der Waals surface area contributed by atoms with E-state index in [1.165, 1.54) is 0 Å². The predicted octanol–water partition coefficient (Wildman–Crippen LogP) is 2.25. The minimum atomic E-state index is 0.620. The lowest BCUT2D eigenvalue weighted by atomic mass is 10.1. The summed E-state index contributed by atoms with van der Waals surface area (Å²) in [5.74, 6) is 0.864. The number of hydrogen-bond acceptors (Lipinski definition) is 3. The minimum absolute atomic E-state index is 0.620. The molecule has 0 saturated heterocycles. The van der Waals surface area contributed by atoms with Crippen LogP contribution >= 0.6 is 0 Å². The molecule has 0 unspecified atom stereocenters. The van der Waals surface area contributed by atoms with Crippen molar-refractivity contribution in [3.63, 3.8) is 0 Å². The van der Waals surface area contributed by atoms with E-state index in [0.29, 0.717) is 12.1 Å². The Balaban J connectivity index is 2.85. The van der Waals surface area contributed by atoms with Gasteiger partial charge in [0.15, 0.2) is 0 Å². The third kappa shape index (κ3) is 2.47. The molecule has 0 aromatic heterocycles. The minimum Gasteiger partial charge on any atom is -0.501 e. The zero-order valence-corrected chi connectivity index (χ0v) is 7.82. The molecule has 0 bridgehead atoms. The molecule has 0 atom stereocenters. The van der Waals surface area contributed by atoms with Crippen LogP contribution in [0, 0.1) is 0 Å². The smallest absolute Gasteiger partial charge is 0.0999 e. The molecule has 1 rings (SSSR count). The van der Waals surface area contributed by atoms with Gasteiger partial charge >= 0.3 is 0 Å². The normalized spacial score (nSPS) is 17.5. The molecule has 1 N–H and O–H groups in total. The average molecular weight is 179 g/mol. The Kier molecular flexibility index (Phi) is 3.31. The first-order valence-electron chi connectivity index (χ1n) is 4.07. The molecule has 0 spiro atoms. The Morgan fingerprint density at radius 3 is 2.77 bits per heavy atom. The van der Waals surface area contributed by atoms with Gasteiger partial charge in [-0.1, -0.05) is 23.4 Å². The van der Waals surface area contributed by atoms with Crippen LogP contribution in [0.2, 0.25) is 0 Å². The van der Waals surface area contributed by atoms with E-state index >= 15 is 0 Å². The summed E-state index contributed by atoms with van der Waals surface area (Å²) in [4.78, 5) is 0. The molecular formula is C10H13NO2. The maximum atomic E-state index is 8.60. The van der Waals surface area contributed by atoms with Crippen LogP contribution in [0.3, 0.4) is 0 Å². The van der Waals surface area contributed by atoms with Gasteiger partial charge in [-0.25, -0.2) is 0 Å². The van der Waals surface area contributed by atoms with E-state index in [-0.39, 0.29) is 0 Å². The highest BCUT2D eigenvalue weighted by Crippen LogP contribution is 2.16. The van der Waals surface area contributed by atoms with Gasteiger partial charge < -0.3 is 9.94 Å². The fourth-order valence-corrected chi connectivity index (χ4v) is 1.09. The van der Waals surface area contributed by atoms with Crippen molar-refractivity contribution in [2.24, 2.45) is 5.16 Å². The van der Waals surface area contributed by atoms with Crippen molar-refractivity contribution in [2.45, 2.75) is 13.3 Å². The van der Waals surface area contributed by atoms with Crippen LogP contribution in [-0.4, -0.2) is 18.0 Å². The van der Waals surface area contributed by atoms with Crippen LogP contribution in [0.5, 0.6) is 0 Å². The van der Waals surface area contributed by atoms with Crippen LogP contribution in [0.1, 0.15) is 13.3 Å². The van der Waals surface area contributed by atoms with E-state index in [0.717, 1.165) is 11.3 Å². The standard InChI is InChI=1S/C10H13NO2/c1-8(11-12)9-5-3-4-6-10(7-9)13-2/h3-6,12H,7H2,1-2H3/b11-8+. The Bertz CT molecular complexity index is 298. The van der Waals surface area contributed by atoms with Gasteiger partial charge in [-0.3, -0.25) is 0 Å². The van der Waals surface area contributed by atoms with Gasteiger partial charge in [-0.15, -0.1) is 0 Å². The van der Waals surface area contributed by atoms with Crippen LogP contribution in [0.15, 0.2) is 40.8 Å². The molecule has 0 saturated carbocycles. The quantitative estimate of drug-likeness (QED) is 0.401. The van der Waals surface area contributed by atoms with E-state index in [1.54, 1.807) is 14.0 Å². The van der Waals surface area contributed by atoms with Gasteiger partial charge in [-0.2, -0.15) is 0 Å². The molecule has 13 heavy (non-hydrogen) atoms. The largest absolute Gasteiger partial charge is 0.501 e. The fourth-order valence-electron chi connectivity index (χ4n) is 1.09. The number of rotatable bonds is 2. The van der Waals surface area contributed by atoms with E-state index in [4.69, 9.17) is 9.94 Å². The van der Waals surface area contributed by atoms with Gasteiger partial charge in [0.1, 0.15) is 0 Å². The van der Waals surface area contributed by atoms with Crippen molar-refractivity contribution in [3.05, 3.63) is 35.6 Å². The second kappa shape index (κ2) is 4.50. The molecule has 3 nitrogen and oxygen atoms in total. The Morgan fingerprint density at radius 2 is 2.15 bits per heavy atom. The van der Waals surface area contributed by atoms with E-state index < -0.39 is 0 Å². The van der Waals surface area contributed by atoms with Crippen molar-refractivity contribution in [1.29, 1.82) is 0 Å². The summed E-state index contributed by atoms with van der Waals surface area (Å²) in [5.41, 5.74) is 1.58. The number of ether oxygens (including phenoxy) is 1. The first kappa shape index (κ1) is 9.58. The topological polar surface area (TPSA) is 41.8 Å². The van der Waals surface area contributed by atoms with Crippen molar-refractivity contribution in [3.8, 4) is 0 Å². The third-order valence-corrected chi connectivity index (χ3v) is 1.93. The second-order valence-corrected chi connectivity index (χ2v) is 2.78. The summed E-state index contributed by atoms with van der Waals surface area (Å²) in [7, 11) is 1.63. The number of hydrogen-bond donors (Lipinski definition) is 1. The maximum Gasteiger partial charge on any atom is 0.0999 e. The summed E-state index contributed by atoms with van der Waals surface area (Å²) in [6.07, 6.45) is 8.28. The zero-order chi connectivity index (χ0) is 9.68. The highest BCUT2D eigenvalue weighted by molar-refractivity contribution is 5.98. The third-order valence-electron chi connectivity index (χ3n) is 1.93. The zero-order valence-electron chi connectivity index (χ0n) is 7.82. The van der Waals surface area contributed by atoms with Crippen molar-refractivity contribution >= 4 is 5.71 Å². The lowest BCUT2D eigenvalue weighted by Gasteiger charge is -2.06. The summed E-state index contributed by atoms with van der Waals surface area (Å²) >= 11 is 0. The molecule has 0 heterocycles. The Hall–Kier alpha value is -1.51. The van der Waals surface area contributed by atoms with Crippen LogP contribution in [-0.2, 0) is 4.74 Å². The van der Waals surface area contributed by atoms with Crippen molar-refractivity contribution in [2.75, 3.05) is 7.11 Å². The Labute approximate surface area is 77.7 Å². The van der Waals surface area contributed by atoms with E-state index in [1.807, 2.05) is 24.3 Å². The number of nitrogens with zero attached hydrogens (tertiary/aromatic N) is 1. The fraction of sp³-hybridized carbons (Fsp3) is 0.300. The molecule has 1 aliphatic rings. The molecule has 70 valence electrons. The number of allylic oxidation sites excluding steroid dienone is 5. The molecule has 0 amide bonds. The molecule has 0 radical (unpaired) electrons. The Morgan fingerprint density at radius 1 is 1.46 bits per heavy atom. The summed E-state index contributed by atoms with van der Waals surface area (Å²) in [6.45, 7) is 1.76. The molecule has 0 fully saturated rings. The van der Waals surface area contributed by atoms with Crippen LogP contribution in [0.4, 0.5) is 0 Å². The van der Waals surface area contributed by atoms with Crippen LogP contribution in [0.25, 0.3) is 0 Å². The number of methoxy groups -OCH3 is 1. The van der Waals surface area contributed by atoms with Crippen LogP contribution < -0.4 is 0 Å². The van der Waals surface area contributed by atoms with Gasteiger partial charge in [0.25, 0.3) is 0 Å². The summed E-state index contributed by atoms with van der Waals surface area (Å²) in [5, 5.41) is 11.8. The van der Waals surface area contributed by atoms with E-state index in [9.17, 15) is 0 Å². The first-order valence-corrected chi connectivity index (χ1v) is 4.07. The van der Waals surface area contributed by atoms with Crippen molar-refractivity contribution < 1.29 is 9.94 Å². The predicted molar refractivity (Wildman–Crippen MR) is 51.8 cm³/mol. The van der Waals surface area contributed by atoms with Gasteiger partial charge in [0.2, 0.25) is 0 Å². The van der Waals surface area contributed by atoms with Gasteiger partial charge in [0.05, 0.1) is 18.6 Å². The average Bonchev–Trinajstić information content (AvgIpc) is 2.41. The first-order chi connectivity index (χ1) is 6.27. The molecule has 0 aromatic carbocycles. The molecule has 0 aliphatic heterocycles. The van der Waals surface area contributed by atoms with Gasteiger partial charge in [0, 0.05) is 6.42 Å². The molecular weight excluding hydrogens is 166 g/mol. The van der Waals surface area contributed by atoms with Gasteiger partial charge in [-0.05, 0) is 18.6 Å². The lowest BCUT2D eigenvalue weighted by Crippen LogP contribution is -1.99. The lowest BCUT2D eigenvalue weighted by molar-refractivity contribution is 0.283. The summed E-state index contributed by atoms with van der Waals surface area (Å²) < 4.78 is 5.13. The highest BCUT2D eigenvalue weighted by atomic mass is 16.5. The molecule has 1 aliphatic carbocycles. The van der Waals surface area contributed by atoms with Crippen molar-refractivity contribution in [1.82, 2.24) is 0 Å². The molecule has 0 aromatic rings. The summed E-state index contributed by atoms with van der Waals surface area (Å²) in [6, 6.07) is 0. The number of oxime groups is 1. The second-order valence-electron chi connectivity index (χ2n) is 2.78. The highest BCUT2D eigenvalue weighted by Gasteiger charge is 2.06. The van der Waals surface area contributed by atoms with E-state index in [2.05, 4.69) is 5.16 Å². The SMILES string of the molecule is COC1=CC=CC=C(/C(C)=N/O)C1. The maximum absolute atomic E-state index is 8.60. The molecule has 3 heteroatoms. The monoisotopic (exact) mass is 179 g/mol.